The predicted octanol–water partition coefficient (Wildman–Crippen LogP) is 3.59. The zero-order chi connectivity index (χ0) is 11.2. The highest BCUT2D eigenvalue weighted by Crippen LogP contribution is 2.42. The number of nitrogens with zero attached hydrogens (tertiary/aromatic N) is 1. The monoisotopic (exact) mass is 280 g/mol. The molecule has 3 rings (SSSR count). The van der Waals surface area contributed by atoms with Crippen LogP contribution in [0.15, 0.2) is 34.2 Å². The molecule has 16 heavy (non-hydrogen) atoms. The quantitative estimate of drug-likeness (QED) is 0.730. The van der Waals surface area contributed by atoms with E-state index in [4.69, 9.17) is 0 Å². The second-order valence-electron chi connectivity index (χ2n) is 4.98. The first-order valence-electron chi connectivity index (χ1n) is 6.04. The standard InChI is InChI=1S/C13H17BrN2/c1-10-7-11(14)9-16-12(10)8-15-13(16)5-3-2-4-6-13/h7-9,15H,2-6H2,1H3. The molecule has 0 aromatic heterocycles. The average molecular weight is 281 g/mol. The van der Waals surface area contributed by atoms with E-state index < -0.39 is 0 Å². The van der Waals surface area contributed by atoms with Crippen molar-refractivity contribution in [1.82, 2.24) is 10.2 Å². The van der Waals surface area contributed by atoms with Crippen LogP contribution in [0.3, 0.4) is 0 Å². The van der Waals surface area contributed by atoms with Crippen molar-refractivity contribution in [2.24, 2.45) is 0 Å². The first-order chi connectivity index (χ1) is 7.71. The Morgan fingerprint density at radius 2 is 2.06 bits per heavy atom. The third kappa shape index (κ3) is 1.45. The Balaban J connectivity index is 1.96. The van der Waals surface area contributed by atoms with Gasteiger partial charge in [0.05, 0.1) is 5.70 Å². The molecular formula is C13H17BrN2. The summed E-state index contributed by atoms with van der Waals surface area (Å²) >= 11 is 3.60. The summed E-state index contributed by atoms with van der Waals surface area (Å²) in [6.45, 7) is 2.18. The fourth-order valence-electron chi connectivity index (χ4n) is 3.03. The van der Waals surface area contributed by atoms with Gasteiger partial charge >= 0.3 is 0 Å². The molecule has 0 amide bonds. The molecule has 0 bridgehead atoms. The lowest BCUT2D eigenvalue weighted by Crippen LogP contribution is -2.51. The summed E-state index contributed by atoms with van der Waals surface area (Å²) in [6.07, 6.45) is 13.1. The topological polar surface area (TPSA) is 15.3 Å². The third-order valence-corrected chi connectivity index (χ3v) is 4.32. The molecule has 0 aromatic rings. The summed E-state index contributed by atoms with van der Waals surface area (Å²) in [4.78, 5) is 2.44. The van der Waals surface area contributed by atoms with E-state index in [0.29, 0.717) is 0 Å². The van der Waals surface area contributed by atoms with Crippen molar-refractivity contribution in [3.63, 3.8) is 0 Å². The zero-order valence-corrected chi connectivity index (χ0v) is 11.2. The van der Waals surface area contributed by atoms with Crippen LogP contribution in [0.5, 0.6) is 0 Å². The molecule has 2 aliphatic heterocycles. The van der Waals surface area contributed by atoms with Gasteiger partial charge in [-0.3, -0.25) is 0 Å². The summed E-state index contributed by atoms with van der Waals surface area (Å²) in [7, 11) is 0. The Labute approximate surface area is 105 Å². The maximum absolute atomic E-state index is 3.62. The first kappa shape index (κ1) is 10.5. The minimum absolute atomic E-state index is 0.169. The van der Waals surface area contributed by atoms with Crippen LogP contribution in [0.25, 0.3) is 0 Å². The van der Waals surface area contributed by atoms with Crippen molar-refractivity contribution < 1.29 is 0 Å². The minimum Gasteiger partial charge on any atom is -0.367 e. The van der Waals surface area contributed by atoms with E-state index in [1.807, 2.05) is 0 Å². The van der Waals surface area contributed by atoms with Crippen molar-refractivity contribution in [3.8, 4) is 0 Å². The van der Waals surface area contributed by atoms with Crippen LogP contribution in [0.4, 0.5) is 0 Å². The SMILES string of the molecule is CC1=CC(Br)=CN2C1=CNC21CCCCC1. The maximum Gasteiger partial charge on any atom is 0.114 e. The zero-order valence-electron chi connectivity index (χ0n) is 9.59. The van der Waals surface area contributed by atoms with E-state index in [2.05, 4.69) is 51.5 Å². The van der Waals surface area contributed by atoms with Gasteiger partial charge in [-0.25, -0.2) is 0 Å². The number of nitrogens with one attached hydrogen (secondary N) is 1. The Kier molecular flexibility index (Phi) is 2.39. The van der Waals surface area contributed by atoms with Crippen molar-refractivity contribution in [1.29, 1.82) is 0 Å². The summed E-state index contributed by atoms with van der Waals surface area (Å²) in [5, 5.41) is 3.62. The summed E-state index contributed by atoms with van der Waals surface area (Å²) in [6, 6.07) is 0. The van der Waals surface area contributed by atoms with Crippen LogP contribution in [0.1, 0.15) is 39.0 Å². The van der Waals surface area contributed by atoms with Gasteiger partial charge in [-0.1, -0.05) is 6.42 Å². The van der Waals surface area contributed by atoms with E-state index in [1.54, 1.807) is 0 Å². The van der Waals surface area contributed by atoms with E-state index in [1.165, 1.54) is 47.9 Å². The molecule has 0 aromatic carbocycles. The Morgan fingerprint density at radius 3 is 2.81 bits per heavy atom. The van der Waals surface area contributed by atoms with Crippen LogP contribution in [-0.4, -0.2) is 10.6 Å². The molecule has 1 saturated carbocycles. The van der Waals surface area contributed by atoms with Gasteiger partial charge in [-0.2, -0.15) is 0 Å². The van der Waals surface area contributed by atoms with Gasteiger partial charge in [-0.05, 0) is 60.2 Å². The van der Waals surface area contributed by atoms with Gasteiger partial charge in [0.15, 0.2) is 0 Å². The summed E-state index contributed by atoms with van der Waals surface area (Å²) < 4.78 is 1.18. The highest BCUT2D eigenvalue weighted by molar-refractivity contribution is 9.11. The molecule has 0 unspecified atom stereocenters. The molecular weight excluding hydrogens is 264 g/mol. The molecule has 0 radical (unpaired) electrons. The van der Waals surface area contributed by atoms with Gasteiger partial charge in [0.1, 0.15) is 5.66 Å². The second-order valence-corrected chi connectivity index (χ2v) is 5.89. The van der Waals surface area contributed by atoms with Crippen LogP contribution < -0.4 is 5.32 Å². The number of halogens is 1. The predicted molar refractivity (Wildman–Crippen MR) is 69.6 cm³/mol. The fraction of sp³-hybridized carbons (Fsp3) is 0.538. The van der Waals surface area contributed by atoms with Crippen molar-refractivity contribution in [3.05, 3.63) is 34.2 Å². The first-order valence-corrected chi connectivity index (χ1v) is 6.84. The minimum atomic E-state index is 0.169. The van der Waals surface area contributed by atoms with Crippen LogP contribution in [0, 0.1) is 0 Å². The highest BCUT2D eigenvalue weighted by atomic mass is 79.9. The molecule has 3 heteroatoms. The summed E-state index contributed by atoms with van der Waals surface area (Å²) in [5.41, 5.74) is 2.84. The lowest BCUT2D eigenvalue weighted by atomic mass is 9.88. The van der Waals surface area contributed by atoms with Gasteiger partial charge in [0, 0.05) is 16.9 Å². The molecule has 0 atom stereocenters. The van der Waals surface area contributed by atoms with Crippen LogP contribution >= 0.6 is 15.9 Å². The third-order valence-electron chi connectivity index (χ3n) is 3.89. The highest BCUT2D eigenvalue weighted by Gasteiger charge is 2.42. The number of allylic oxidation sites excluding steroid dienone is 3. The lowest BCUT2D eigenvalue weighted by Gasteiger charge is -2.43. The number of hydrogen-bond acceptors (Lipinski definition) is 2. The maximum atomic E-state index is 3.62. The van der Waals surface area contributed by atoms with Crippen molar-refractivity contribution >= 4 is 15.9 Å². The largest absolute Gasteiger partial charge is 0.367 e. The number of fused-ring (bicyclic) bond motifs is 2. The van der Waals surface area contributed by atoms with Crippen molar-refractivity contribution in [2.75, 3.05) is 0 Å². The Bertz CT molecular complexity index is 400. The Morgan fingerprint density at radius 1 is 1.31 bits per heavy atom. The van der Waals surface area contributed by atoms with Gasteiger partial charge in [0.25, 0.3) is 0 Å². The molecule has 1 N–H and O–H groups in total. The molecule has 86 valence electrons. The Hall–Kier alpha value is -0.700. The molecule has 1 aliphatic carbocycles. The van der Waals surface area contributed by atoms with E-state index in [0.717, 1.165) is 0 Å². The summed E-state index contributed by atoms with van der Waals surface area (Å²) in [5.74, 6) is 0. The smallest absolute Gasteiger partial charge is 0.114 e. The molecule has 1 fully saturated rings. The number of rotatable bonds is 0. The van der Waals surface area contributed by atoms with E-state index in [-0.39, 0.29) is 5.66 Å². The average Bonchev–Trinajstić information content (AvgIpc) is 2.59. The van der Waals surface area contributed by atoms with E-state index in [9.17, 15) is 0 Å². The van der Waals surface area contributed by atoms with Gasteiger partial charge < -0.3 is 10.2 Å². The van der Waals surface area contributed by atoms with E-state index >= 15 is 0 Å². The normalized spacial score (nSPS) is 26.9. The van der Waals surface area contributed by atoms with Gasteiger partial charge in [-0.15, -0.1) is 0 Å². The van der Waals surface area contributed by atoms with Crippen LogP contribution in [0.2, 0.25) is 0 Å². The molecule has 1 spiro atoms. The van der Waals surface area contributed by atoms with Gasteiger partial charge in [0.2, 0.25) is 0 Å². The van der Waals surface area contributed by atoms with Crippen LogP contribution in [-0.2, 0) is 0 Å². The molecule has 2 nitrogen and oxygen atoms in total. The molecule has 3 aliphatic rings. The number of hydrogen-bond donors (Lipinski definition) is 1. The molecule has 0 saturated heterocycles. The second kappa shape index (κ2) is 3.66. The molecule has 2 heterocycles. The lowest BCUT2D eigenvalue weighted by molar-refractivity contribution is 0.126. The fourth-order valence-corrected chi connectivity index (χ4v) is 3.58. The van der Waals surface area contributed by atoms with Crippen molar-refractivity contribution in [2.45, 2.75) is 44.7 Å².